The molecule has 2 bridgehead atoms. The monoisotopic (exact) mass is 393 g/mol. The number of carbonyl (C=O) groups excluding carboxylic acids is 2. The van der Waals surface area contributed by atoms with Crippen molar-refractivity contribution in [1.29, 1.82) is 0 Å². The van der Waals surface area contributed by atoms with Gasteiger partial charge in [0.25, 0.3) is 0 Å². The molecule has 1 saturated carbocycles. The fraction of sp³-hybridized carbons (Fsp3) is 0.647. The summed E-state index contributed by atoms with van der Waals surface area (Å²) >= 11 is 6.84. The van der Waals surface area contributed by atoms with E-state index in [4.69, 9.17) is 21.1 Å². The van der Waals surface area contributed by atoms with Crippen molar-refractivity contribution >= 4 is 35.0 Å². The van der Waals surface area contributed by atoms with Gasteiger partial charge in [-0.1, -0.05) is 11.6 Å². The van der Waals surface area contributed by atoms with E-state index >= 15 is 0 Å². The molecule has 3 atom stereocenters. The number of carboxylic acid groups (broad SMARTS) is 1. The Morgan fingerprint density at radius 3 is 2.62 bits per heavy atom. The molecule has 1 aliphatic heterocycles. The Bertz CT molecular complexity index is 689. The van der Waals surface area contributed by atoms with Gasteiger partial charge in [-0.2, -0.15) is 0 Å². The van der Waals surface area contributed by atoms with Crippen LogP contribution in [0.15, 0.2) is 6.07 Å². The molecule has 26 heavy (non-hydrogen) atoms. The minimum absolute atomic E-state index is 0. The van der Waals surface area contributed by atoms with E-state index in [1.165, 1.54) is 6.07 Å². The van der Waals surface area contributed by atoms with Crippen LogP contribution >= 0.6 is 22.9 Å². The number of hydrogen-bond acceptors (Lipinski definition) is 6. The molecule has 0 spiro atoms. The van der Waals surface area contributed by atoms with E-state index < -0.39 is 11.6 Å². The number of thiophene rings is 1. The molecule has 1 aromatic rings. The topological polar surface area (TPSA) is 78.9 Å². The first-order valence-electron chi connectivity index (χ1n) is 8.29. The summed E-state index contributed by atoms with van der Waals surface area (Å²) in [5, 5.41) is 11.2. The molecular formula is C17H21ClLiNO5S. The van der Waals surface area contributed by atoms with Gasteiger partial charge >= 0.3 is 25.0 Å². The van der Waals surface area contributed by atoms with Crippen LogP contribution in [-0.2, 0) is 4.74 Å². The van der Waals surface area contributed by atoms with Crippen molar-refractivity contribution in [3.63, 3.8) is 0 Å². The van der Waals surface area contributed by atoms with Crippen molar-refractivity contribution in [3.8, 4) is 5.75 Å². The predicted molar refractivity (Wildman–Crippen MR) is 92.1 cm³/mol. The standard InChI is InChI=1S/C17H22ClNO5S.Li/c1-17(2,3)24-16(22)19-8-9-4-10(19)6-11(5-9)23-12-7-13(18)25-14(12)15(20)21;/h7,9-11H,4-6,8H2,1-3H3,(H,20,21);/q;+1/p-1. The number of likely N-dealkylation sites (tertiary alicyclic amines) is 1. The molecule has 2 fully saturated rings. The van der Waals surface area contributed by atoms with Gasteiger partial charge in [0.1, 0.15) is 17.5 Å². The molecule has 3 rings (SSSR count). The van der Waals surface area contributed by atoms with Crippen molar-refractivity contribution in [1.82, 2.24) is 4.90 Å². The maximum atomic E-state index is 12.4. The zero-order chi connectivity index (χ0) is 18.4. The van der Waals surface area contributed by atoms with Gasteiger partial charge in [0.15, 0.2) is 0 Å². The number of aromatic carboxylic acids is 1. The molecule has 3 unspecified atom stereocenters. The first-order chi connectivity index (χ1) is 11.6. The first-order valence-corrected chi connectivity index (χ1v) is 9.49. The van der Waals surface area contributed by atoms with Crippen LogP contribution in [-0.4, -0.2) is 41.3 Å². The molecule has 6 nitrogen and oxygen atoms in total. The second-order valence-corrected chi connectivity index (χ2v) is 9.31. The van der Waals surface area contributed by atoms with Crippen LogP contribution in [0, 0.1) is 5.92 Å². The maximum absolute atomic E-state index is 12.4. The molecule has 1 amide bonds. The number of hydrogen-bond donors (Lipinski definition) is 0. The third kappa shape index (κ3) is 4.89. The fourth-order valence-electron chi connectivity index (χ4n) is 3.58. The van der Waals surface area contributed by atoms with Crippen LogP contribution < -0.4 is 28.7 Å². The number of rotatable bonds is 3. The summed E-state index contributed by atoms with van der Waals surface area (Å²) in [7, 11) is 0. The van der Waals surface area contributed by atoms with Crippen molar-refractivity contribution in [2.75, 3.05) is 6.54 Å². The summed E-state index contributed by atoms with van der Waals surface area (Å²) in [5.74, 6) is -0.706. The smallest absolute Gasteiger partial charge is 0.544 e. The van der Waals surface area contributed by atoms with E-state index in [0.29, 0.717) is 23.2 Å². The van der Waals surface area contributed by atoms with Crippen LogP contribution in [0.2, 0.25) is 4.34 Å². The Hall–Kier alpha value is -0.873. The number of halogens is 1. The van der Waals surface area contributed by atoms with E-state index in [1.807, 2.05) is 20.8 Å². The molecule has 138 valence electrons. The molecule has 1 aromatic heterocycles. The largest absolute Gasteiger partial charge is 1.00 e. The third-order valence-electron chi connectivity index (χ3n) is 4.41. The average Bonchev–Trinajstić information content (AvgIpc) is 2.97. The molecule has 0 radical (unpaired) electrons. The Morgan fingerprint density at radius 1 is 1.31 bits per heavy atom. The third-order valence-corrected chi connectivity index (χ3v) is 5.63. The zero-order valence-corrected chi connectivity index (χ0v) is 17.0. The van der Waals surface area contributed by atoms with Crippen molar-refractivity contribution in [3.05, 3.63) is 15.3 Å². The molecule has 0 aromatic carbocycles. The van der Waals surface area contributed by atoms with Crippen molar-refractivity contribution in [2.45, 2.75) is 57.8 Å². The summed E-state index contributed by atoms with van der Waals surface area (Å²) in [5.41, 5.74) is -0.527. The van der Waals surface area contributed by atoms with Crippen molar-refractivity contribution in [2.24, 2.45) is 5.92 Å². The number of carboxylic acids is 1. The van der Waals surface area contributed by atoms with Crippen LogP contribution in [0.25, 0.3) is 0 Å². The summed E-state index contributed by atoms with van der Waals surface area (Å²) < 4.78 is 11.7. The van der Waals surface area contributed by atoms with E-state index in [1.54, 1.807) is 4.90 Å². The summed E-state index contributed by atoms with van der Waals surface area (Å²) in [6, 6.07) is 1.57. The molecule has 0 N–H and O–H groups in total. The molecule has 9 heteroatoms. The second kappa shape index (κ2) is 8.01. The normalized spacial score (nSPS) is 24.8. The Kier molecular flexibility index (Phi) is 6.61. The average molecular weight is 394 g/mol. The van der Waals surface area contributed by atoms with E-state index in [2.05, 4.69) is 0 Å². The molecule has 2 heterocycles. The van der Waals surface area contributed by atoms with Crippen LogP contribution in [0.4, 0.5) is 4.79 Å². The van der Waals surface area contributed by atoms with Crippen LogP contribution in [0.1, 0.15) is 49.7 Å². The fourth-order valence-corrected chi connectivity index (χ4v) is 4.56. The van der Waals surface area contributed by atoms with Gasteiger partial charge in [-0.3, -0.25) is 0 Å². The van der Waals surface area contributed by atoms with Crippen molar-refractivity contribution < 1.29 is 43.0 Å². The molecule has 1 aliphatic carbocycles. The van der Waals surface area contributed by atoms with Crippen LogP contribution in [0.3, 0.4) is 0 Å². The Labute approximate surface area is 174 Å². The maximum Gasteiger partial charge on any atom is 1.00 e. The van der Waals surface area contributed by atoms with Gasteiger partial charge in [0.2, 0.25) is 0 Å². The molecule has 1 saturated heterocycles. The number of nitrogens with zero attached hydrogens (tertiary/aromatic N) is 1. The molecular weight excluding hydrogens is 373 g/mol. The number of carbonyl (C=O) groups is 2. The SMILES string of the molecule is CC(C)(C)OC(=O)N1CC2CC(Oc3cc(Cl)sc3C(=O)[O-])CC1C2.[Li+]. The minimum atomic E-state index is -1.29. The number of amides is 1. The molecule has 2 aliphatic rings. The zero-order valence-electron chi connectivity index (χ0n) is 15.4. The number of fused-ring (bicyclic) bond motifs is 2. The first kappa shape index (κ1) is 21.4. The van der Waals surface area contributed by atoms with Gasteiger partial charge in [0.05, 0.1) is 15.2 Å². The number of ether oxygens (including phenoxy) is 2. The van der Waals surface area contributed by atoms with E-state index in [0.717, 1.165) is 24.2 Å². The van der Waals surface area contributed by atoms with Gasteiger partial charge in [0, 0.05) is 25.1 Å². The van der Waals surface area contributed by atoms with Crippen LogP contribution in [0.5, 0.6) is 5.75 Å². The minimum Gasteiger partial charge on any atom is -0.544 e. The van der Waals surface area contributed by atoms with E-state index in [9.17, 15) is 14.7 Å². The summed E-state index contributed by atoms with van der Waals surface area (Å²) in [6.45, 7) is 6.19. The van der Waals surface area contributed by atoms with Gasteiger partial charge < -0.3 is 24.3 Å². The summed E-state index contributed by atoms with van der Waals surface area (Å²) in [6.07, 6.45) is 1.90. The Morgan fingerprint density at radius 2 is 2.00 bits per heavy atom. The summed E-state index contributed by atoms with van der Waals surface area (Å²) in [4.78, 5) is 25.3. The van der Waals surface area contributed by atoms with Gasteiger partial charge in [-0.05, 0) is 39.5 Å². The van der Waals surface area contributed by atoms with Gasteiger partial charge in [-0.15, -0.1) is 11.3 Å². The van der Waals surface area contributed by atoms with E-state index in [-0.39, 0.29) is 47.7 Å². The van der Waals surface area contributed by atoms with Gasteiger partial charge in [-0.25, -0.2) is 4.79 Å². The quantitative estimate of drug-likeness (QED) is 0.672. The second-order valence-electron chi connectivity index (χ2n) is 7.63. The predicted octanol–water partition coefficient (Wildman–Crippen LogP) is -0.0642. The Balaban J connectivity index is 0.00000243.